The van der Waals surface area contributed by atoms with E-state index in [-0.39, 0.29) is 24.2 Å². The van der Waals surface area contributed by atoms with Crippen molar-refractivity contribution in [1.82, 2.24) is 14.7 Å². The van der Waals surface area contributed by atoms with E-state index in [0.29, 0.717) is 37.0 Å². The Morgan fingerprint density at radius 2 is 1.79 bits per heavy atom. The van der Waals surface area contributed by atoms with E-state index in [1.165, 1.54) is 18.2 Å². The Bertz CT molecular complexity index is 1040. The van der Waals surface area contributed by atoms with Gasteiger partial charge in [0.15, 0.2) is 11.6 Å². The number of aliphatic hydroxyl groups is 1. The average Bonchev–Trinajstić information content (AvgIpc) is 3.08. The fourth-order valence-corrected chi connectivity index (χ4v) is 3.45. The number of hydrogen-bond acceptors (Lipinski definition) is 5. The third-order valence-electron chi connectivity index (χ3n) is 5.30. The van der Waals surface area contributed by atoms with Crippen LogP contribution in [0.2, 0.25) is 0 Å². The zero-order chi connectivity index (χ0) is 24.0. The molecule has 0 saturated heterocycles. The first-order chi connectivity index (χ1) is 15.8. The zero-order valence-corrected chi connectivity index (χ0v) is 19.5. The summed E-state index contributed by atoms with van der Waals surface area (Å²) in [5.41, 5.74) is 2.03. The highest BCUT2D eigenvalue weighted by Crippen LogP contribution is 2.33. The molecule has 0 radical (unpaired) electrons. The molecule has 0 amide bonds. The number of ether oxygens (including phenoxy) is 2. The summed E-state index contributed by atoms with van der Waals surface area (Å²) >= 11 is 0. The number of nitrogens with zero attached hydrogens (tertiary/aromatic N) is 3. The molecule has 0 fully saturated rings. The van der Waals surface area contributed by atoms with Gasteiger partial charge in [0, 0.05) is 25.7 Å². The minimum atomic E-state index is -0.657. The van der Waals surface area contributed by atoms with Gasteiger partial charge < -0.3 is 14.6 Å². The molecule has 0 spiro atoms. The van der Waals surface area contributed by atoms with Crippen LogP contribution in [-0.2, 0) is 11.3 Å². The second-order valence-corrected chi connectivity index (χ2v) is 8.13. The van der Waals surface area contributed by atoms with Gasteiger partial charge in [0.1, 0.15) is 5.82 Å². The molecule has 0 unspecified atom stereocenters. The molecule has 0 aliphatic heterocycles. The highest BCUT2D eigenvalue weighted by molar-refractivity contribution is 5.43. The molecular formula is C25H31F2N3O3. The molecule has 1 aromatic heterocycles. The third-order valence-corrected chi connectivity index (χ3v) is 5.30. The van der Waals surface area contributed by atoms with Gasteiger partial charge in [-0.2, -0.15) is 5.10 Å². The summed E-state index contributed by atoms with van der Waals surface area (Å²) in [5, 5.41) is 15.0. The van der Waals surface area contributed by atoms with E-state index in [1.54, 1.807) is 35.0 Å². The van der Waals surface area contributed by atoms with Crippen molar-refractivity contribution in [3.8, 4) is 17.3 Å². The van der Waals surface area contributed by atoms with Gasteiger partial charge >= 0.3 is 0 Å². The summed E-state index contributed by atoms with van der Waals surface area (Å²) in [7, 11) is 0. The van der Waals surface area contributed by atoms with Gasteiger partial charge in [0.25, 0.3) is 0 Å². The monoisotopic (exact) mass is 459 g/mol. The van der Waals surface area contributed by atoms with Crippen LogP contribution in [0.5, 0.6) is 11.6 Å². The van der Waals surface area contributed by atoms with E-state index in [4.69, 9.17) is 9.47 Å². The Morgan fingerprint density at radius 3 is 2.42 bits per heavy atom. The molecule has 3 rings (SSSR count). The van der Waals surface area contributed by atoms with E-state index in [0.717, 1.165) is 5.56 Å². The fraction of sp³-hybridized carbons (Fsp3) is 0.400. The van der Waals surface area contributed by atoms with Crippen molar-refractivity contribution in [2.75, 3.05) is 19.8 Å². The molecular weight excluding hydrogens is 428 g/mol. The third kappa shape index (κ3) is 6.37. The summed E-state index contributed by atoms with van der Waals surface area (Å²) in [4.78, 5) is 2.08. The van der Waals surface area contributed by atoms with Crippen molar-refractivity contribution in [3.05, 3.63) is 71.4 Å². The number of halogens is 2. The maximum atomic E-state index is 14.4. The molecule has 0 bridgehead atoms. The number of aliphatic hydroxyl groups excluding tert-OH is 1. The normalized spacial score (nSPS) is 12.5. The van der Waals surface area contributed by atoms with E-state index in [1.807, 2.05) is 27.7 Å². The van der Waals surface area contributed by atoms with Gasteiger partial charge in [-0.05, 0) is 64.1 Å². The van der Waals surface area contributed by atoms with Crippen LogP contribution in [0.4, 0.5) is 8.78 Å². The first-order valence-corrected chi connectivity index (χ1v) is 11.1. The van der Waals surface area contributed by atoms with Crippen LogP contribution in [0.1, 0.15) is 32.0 Å². The van der Waals surface area contributed by atoms with Gasteiger partial charge in [-0.25, -0.2) is 13.5 Å². The molecule has 8 heteroatoms. The Labute approximate surface area is 193 Å². The van der Waals surface area contributed by atoms with Crippen molar-refractivity contribution < 1.29 is 23.4 Å². The number of para-hydroxylation sites is 1. The van der Waals surface area contributed by atoms with Gasteiger partial charge in [-0.3, -0.25) is 4.90 Å². The summed E-state index contributed by atoms with van der Waals surface area (Å²) in [6, 6.07) is 12.1. The van der Waals surface area contributed by atoms with Crippen LogP contribution in [0, 0.1) is 18.6 Å². The molecule has 6 nitrogen and oxygen atoms in total. The molecule has 0 saturated carbocycles. The number of aryl methyl sites for hydroxylation is 1. The molecule has 0 aliphatic rings. The van der Waals surface area contributed by atoms with Gasteiger partial charge in [-0.1, -0.05) is 12.1 Å². The van der Waals surface area contributed by atoms with E-state index in [9.17, 15) is 13.9 Å². The standard InChI is InChI=1S/C25H31F2N3O3/c1-5-32-16-21(31)14-29(17(2)3)15-22-18(4)28-30(20-12-10-19(26)11-13-20)25(22)33-24-9-7-6-8-23(24)27/h6-13,17,21,31H,5,14-16H2,1-4H3/t21-/m0/s1. The predicted molar refractivity (Wildman–Crippen MR) is 123 cm³/mol. The lowest BCUT2D eigenvalue weighted by Crippen LogP contribution is -2.39. The van der Waals surface area contributed by atoms with E-state index < -0.39 is 11.9 Å². The van der Waals surface area contributed by atoms with Crippen LogP contribution in [0.25, 0.3) is 5.69 Å². The highest BCUT2D eigenvalue weighted by Gasteiger charge is 2.24. The Hall–Kier alpha value is -2.81. The summed E-state index contributed by atoms with van der Waals surface area (Å²) in [6.45, 7) is 9.37. The van der Waals surface area contributed by atoms with Crippen molar-refractivity contribution in [2.24, 2.45) is 0 Å². The van der Waals surface area contributed by atoms with Crippen molar-refractivity contribution in [3.63, 3.8) is 0 Å². The molecule has 1 atom stereocenters. The van der Waals surface area contributed by atoms with Crippen LogP contribution in [-0.4, -0.2) is 51.7 Å². The lowest BCUT2D eigenvalue weighted by Gasteiger charge is -2.29. The predicted octanol–water partition coefficient (Wildman–Crippen LogP) is 4.86. The highest BCUT2D eigenvalue weighted by atomic mass is 19.1. The Morgan fingerprint density at radius 1 is 1.09 bits per heavy atom. The second-order valence-electron chi connectivity index (χ2n) is 8.13. The first-order valence-electron chi connectivity index (χ1n) is 11.1. The number of aromatic nitrogens is 2. The van der Waals surface area contributed by atoms with Crippen LogP contribution < -0.4 is 4.74 Å². The maximum Gasteiger partial charge on any atom is 0.227 e. The molecule has 0 aliphatic carbocycles. The van der Waals surface area contributed by atoms with Crippen LogP contribution in [0.15, 0.2) is 48.5 Å². The van der Waals surface area contributed by atoms with Crippen molar-refractivity contribution in [1.29, 1.82) is 0 Å². The first kappa shape index (κ1) is 24.8. The fourth-order valence-electron chi connectivity index (χ4n) is 3.45. The second kappa shape index (κ2) is 11.4. The topological polar surface area (TPSA) is 59.8 Å². The van der Waals surface area contributed by atoms with Crippen molar-refractivity contribution >= 4 is 0 Å². The summed E-state index contributed by atoms with van der Waals surface area (Å²) < 4.78 is 40.9. The van der Waals surface area contributed by atoms with E-state index >= 15 is 0 Å². The molecule has 178 valence electrons. The lowest BCUT2D eigenvalue weighted by molar-refractivity contribution is 0.0131. The Kier molecular flexibility index (Phi) is 8.55. The lowest BCUT2D eigenvalue weighted by atomic mass is 10.2. The van der Waals surface area contributed by atoms with Crippen LogP contribution in [0.3, 0.4) is 0 Å². The van der Waals surface area contributed by atoms with Gasteiger partial charge in [0.2, 0.25) is 5.88 Å². The minimum absolute atomic E-state index is 0.0643. The molecule has 33 heavy (non-hydrogen) atoms. The Balaban J connectivity index is 2.00. The SMILES string of the molecule is CCOC[C@@H](O)CN(Cc1c(C)nn(-c2ccc(F)cc2)c1Oc1ccccc1F)C(C)C. The molecule has 1 N–H and O–H groups in total. The van der Waals surface area contributed by atoms with Crippen LogP contribution >= 0.6 is 0 Å². The minimum Gasteiger partial charge on any atom is -0.435 e. The maximum absolute atomic E-state index is 14.4. The van der Waals surface area contributed by atoms with Gasteiger partial charge in [-0.15, -0.1) is 0 Å². The quantitative estimate of drug-likeness (QED) is 0.444. The van der Waals surface area contributed by atoms with Crippen molar-refractivity contribution in [2.45, 2.75) is 46.4 Å². The smallest absolute Gasteiger partial charge is 0.227 e. The summed E-state index contributed by atoms with van der Waals surface area (Å²) in [6.07, 6.45) is -0.657. The number of benzene rings is 2. The average molecular weight is 460 g/mol. The molecule has 3 aromatic rings. The summed E-state index contributed by atoms with van der Waals surface area (Å²) in [5.74, 6) is -0.460. The largest absolute Gasteiger partial charge is 0.435 e. The molecule has 2 aromatic carbocycles. The van der Waals surface area contributed by atoms with E-state index in [2.05, 4.69) is 10.00 Å². The zero-order valence-electron chi connectivity index (χ0n) is 19.5. The van der Waals surface area contributed by atoms with Gasteiger partial charge in [0.05, 0.1) is 29.7 Å². The number of rotatable bonds is 11. The number of hydrogen-bond donors (Lipinski definition) is 1. The molecule has 1 heterocycles.